The molecule has 168 valence electrons. The summed E-state index contributed by atoms with van der Waals surface area (Å²) in [5.41, 5.74) is 0.159. The van der Waals surface area contributed by atoms with Crippen LogP contribution in [0, 0.1) is 0 Å². The van der Waals surface area contributed by atoms with Gasteiger partial charge in [-0.3, -0.25) is 0 Å². The molecule has 9 heteroatoms. The Bertz CT molecular complexity index is 705. The molecule has 1 saturated heterocycles. The van der Waals surface area contributed by atoms with E-state index in [4.69, 9.17) is 14.6 Å². The van der Waals surface area contributed by atoms with E-state index in [1.165, 1.54) is 0 Å². The fourth-order valence-corrected chi connectivity index (χ4v) is 4.40. The fourth-order valence-electron chi connectivity index (χ4n) is 4.40. The number of nitrogens with one attached hydrogen (secondary N) is 1. The number of aliphatic hydroxyl groups excluding tert-OH is 3. The third-order valence-electron chi connectivity index (χ3n) is 6.12. The average molecular weight is 425 g/mol. The lowest BCUT2D eigenvalue weighted by molar-refractivity contribution is -0.271. The van der Waals surface area contributed by atoms with Gasteiger partial charge in [0.15, 0.2) is 6.10 Å². The van der Waals surface area contributed by atoms with Crippen LogP contribution in [0.4, 0.5) is 0 Å². The highest BCUT2D eigenvalue weighted by atomic mass is 16.7. The van der Waals surface area contributed by atoms with Gasteiger partial charge in [-0.25, -0.2) is 4.79 Å². The Labute approximate surface area is 175 Å². The SMILES string of the molecule is CNCC(c1ccc(O[C@@H]2OC(C(=O)O)[C@@H](O)C(O)C2O)cc1)C1(O)CCCCC1. The van der Waals surface area contributed by atoms with Crippen LogP contribution in [-0.4, -0.2) is 81.4 Å². The molecule has 1 aromatic carbocycles. The summed E-state index contributed by atoms with van der Waals surface area (Å²) in [6, 6.07) is 6.93. The van der Waals surface area contributed by atoms with E-state index in [-0.39, 0.29) is 5.92 Å². The molecule has 2 aliphatic rings. The van der Waals surface area contributed by atoms with Crippen molar-refractivity contribution in [3.63, 3.8) is 0 Å². The van der Waals surface area contributed by atoms with Gasteiger partial charge in [-0.05, 0) is 37.6 Å². The van der Waals surface area contributed by atoms with E-state index in [1.807, 2.05) is 19.2 Å². The number of carboxylic acid groups (broad SMARTS) is 1. The Morgan fingerprint density at radius 1 is 1.13 bits per heavy atom. The molecule has 2 fully saturated rings. The number of aliphatic hydroxyl groups is 4. The smallest absolute Gasteiger partial charge is 0.335 e. The number of hydrogen-bond acceptors (Lipinski definition) is 8. The molecule has 4 unspecified atom stereocenters. The lowest BCUT2D eigenvalue weighted by Gasteiger charge is -2.40. The van der Waals surface area contributed by atoms with Gasteiger partial charge in [0.05, 0.1) is 5.60 Å². The molecule has 1 saturated carbocycles. The number of hydrogen-bond donors (Lipinski definition) is 6. The fraction of sp³-hybridized carbons (Fsp3) is 0.667. The van der Waals surface area contributed by atoms with E-state index in [9.17, 15) is 25.2 Å². The van der Waals surface area contributed by atoms with Crippen molar-refractivity contribution in [2.24, 2.45) is 0 Å². The lowest BCUT2D eigenvalue weighted by atomic mass is 9.73. The third-order valence-corrected chi connectivity index (χ3v) is 6.12. The molecule has 3 rings (SSSR count). The second-order valence-corrected chi connectivity index (χ2v) is 8.20. The predicted molar refractivity (Wildman–Crippen MR) is 106 cm³/mol. The van der Waals surface area contributed by atoms with Gasteiger partial charge in [0.2, 0.25) is 6.29 Å². The van der Waals surface area contributed by atoms with Crippen molar-refractivity contribution in [2.45, 2.75) is 74.3 Å². The van der Waals surface area contributed by atoms with Gasteiger partial charge in [0, 0.05) is 12.5 Å². The van der Waals surface area contributed by atoms with Crippen LogP contribution < -0.4 is 10.1 Å². The molecule has 30 heavy (non-hydrogen) atoms. The summed E-state index contributed by atoms with van der Waals surface area (Å²) in [6.45, 7) is 0.617. The van der Waals surface area contributed by atoms with E-state index >= 15 is 0 Å². The Hall–Kier alpha value is -1.75. The van der Waals surface area contributed by atoms with Crippen LogP contribution in [0.15, 0.2) is 24.3 Å². The first-order valence-electron chi connectivity index (χ1n) is 10.3. The maximum atomic E-state index is 11.2. The Balaban J connectivity index is 1.73. The minimum absolute atomic E-state index is 0.0956. The Morgan fingerprint density at radius 2 is 1.77 bits per heavy atom. The van der Waals surface area contributed by atoms with Crippen LogP contribution in [0.3, 0.4) is 0 Å². The van der Waals surface area contributed by atoms with Crippen molar-refractivity contribution >= 4 is 5.97 Å². The standard InChI is InChI=1S/C21H31NO8/c1-22-11-14(21(28)9-3-2-4-10-21)12-5-7-13(8-6-12)29-20-17(25)15(23)16(24)18(30-20)19(26)27/h5-8,14-18,20,22-25,28H,2-4,9-11H2,1H3,(H,26,27)/t14?,15?,16-,17?,18?,20+/m0/s1. The van der Waals surface area contributed by atoms with E-state index < -0.39 is 42.3 Å². The van der Waals surface area contributed by atoms with E-state index in [0.29, 0.717) is 12.3 Å². The molecule has 6 atom stereocenters. The van der Waals surface area contributed by atoms with Gasteiger partial charge in [-0.1, -0.05) is 31.4 Å². The lowest BCUT2D eigenvalue weighted by Crippen LogP contribution is -2.61. The summed E-state index contributed by atoms with van der Waals surface area (Å²) < 4.78 is 10.7. The molecule has 0 radical (unpaired) electrons. The molecule has 0 aromatic heterocycles. The van der Waals surface area contributed by atoms with Crippen molar-refractivity contribution in [3.8, 4) is 5.75 Å². The first-order valence-corrected chi connectivity index (χ1v) is 10.3. The minimum Gasteiger partial charge on any atom is -0.479 e. The molecular weight excluding hydrogens is 394 g/mol. The maximum Gasteiger partial charge on any atom is 0.335 e. The highest BCUT2D eigenvalue weighted by Crippen LogP contribution is 2.40. The normalized spacial score (nSPS) is 32.4. The number of ether oxygens (including phenoxy) is 2. The van der Waals surface area contributed by atoms with Gasteiger partial charge >= 0.3 is 5.97 Å². The highest BCUT2D eigenvalue weighted by molar-refractivity contribution is 5.73. The van der Waals surface area contributed by atoms with E-state index in [2.05, 4.69) is 5.32 Å². The van der Waals surface area contributed by atoms with Crippen molar-refractivity contribution in [1.29, 1.82) is 0 Å². The molecule has 1 aliphatic carbocycles. The number of rotatable bonds is 7. The molecule has 1 heterocycles. The zero-order valence-corrected chi connectivity index (χ0v) is 17.0. The topological polar surface area (TPSA) is 149 Å². The summed E-state index contributed by atoms with van der Waals surface area (Å²) in [7, 11) is 1.84. The monoisotopic (exact) mass is 425 g/mol. The van der Waals surface area contributed by atoms with Crippen LogP contribution in [-0.2, 0) is 9.53 Å². The summed E-state index contributed by atoms with van der Waals surface area (Å²) in [6.07, 6.45) is -3.66. The van der Waals surface area contributed by atoms with E-state index in [0.717, 1.165) is 37.7 Å². The van der Waals surface area contributed by atoms with Crippen molar-refractivity contribution in [1.82, 2.24) is 5.32 Å². The highest BCUT2D eigenvalue weighted by Gasteiger charge is 2.48. The zero-order chi connectivity index (χ0) is 21.9. The molecule has 1 aliphatic heterocycles. The largest absolute Gasteiger partial charge is 0.479 e. The van der Waals surface area contributed by atoms with Crippen molar-refractivity contribution in [2.75, 3.05) is 13.6 Å². The number of carbonyl (C=O) groups is 1. The Kier molecular flexibility index (Phi) is 7.33. The summed E-state index contributed by atoms with van der Waals surface area (Å²) in [4.78, 5) is 11.2. The molecule has 0 spiro atoms. The molecule has 0 bridgehead atoms. The van der Waals surface area contributed by atoms with Gasteiger partial charge in [-0.15, -0.1) is 0 Å². The minimum atomic E-state index is -1.77. The molecular formula is C21H31NO8. The first-order chi connectivity index (χ1) is 14.3. The summed E-state index contributed by atoms with van der Waals surface area (Å²) >= 11 is 0. The molecule has 0 amide bonds. The molecule has 9 nitrogen and oxygen atoms in total. The van der Waals surface area contributed by atoms with Gasteiger partial charge in [0.1, 0.15) is 24.1 Å². The summed E-state index contributed by atoms with van der Waals surface area (Å²) in [5, 5.41) is 53.2. The van der Waals surface area contributed by atoms with Gasteiger partial charge in [0.25, 0.3) is 0 Å². The van der Waals surface area contributed by atoms with E-state index in [1.54, 1.807) is 12.1 Å². The zero-order valence-electron chi connectivity index (χ0n) is 17.0. The predicted octanol–water partition coefficient (Wildman–Crippen LogP) is -0.0442. The number of benzene rings is 1. The van der Waals surface area contributed by atoms with Crippen LogP contribution in [0.1, 0.15) is 43.6 Å². The van der Waals surface area contributed by atoms with Crippen LogP contribution in [0.2, 0.25) is 0 Å². The average Bonchev–Trinajstić information content (AvgIpc) is 2.73. The maximum absolute atomic E-state index is 11.2. The molecule has 1 aromatic rings. The quantitative estimate of drug-likeness (QED) is 0.354. The first kappa shape index (κ1) is 22.9. The third kappa shape index (κ3) is 4.77. The van der Waals surface area contributed by atoms with Crippen LogP contribution >= 0.6 is 0 Å². The Morgan fingerprint density at radius 3 is 2.33 bits per heavy atom. The van der Waals surface area contributed by atoms with Crippen LogP contribution in [0.5, 0.6) is 5.75 Å². The van der Waals surface area contributed by atoms with Crippen molar-refractivity contribution < 1.29 is 39.8 Å². The second kappa shape index (κ2) is 9.59. The number of likely N-dealkylation sites (N-methyl/N-ethyl adjacent to an activating group) is 1. The van der Waals surface area contributed by atoms with Gasteiger partial charge < -0.3 is 40.3 Å². The number of aliphatic carboxylic acids is 1. The number of carboxylic acids is 1. The van der Waals surface area contributed by atoms with Gasteiger partial charge in [-0.2, -0.15) is 0 Å². The second-order valence-electron chi connectivity index (χ2n) is 8.20. The summed E-state index contributed by atoms with van der Waals surface area (Å²) in [5.74, 6) is -1.26. The molecule has 6 N–H and O–H groups in total. The van der Waals surface area contributed by atoms with Crippen LogP contribution in [0.25, 0.3) is 0 Å². The van der Waals surface area contributed by atoms with Crippen molar-refractivity contribution in [3.05, 3.63) is 29.8 Å².